The van der Waals surface area contributed by atoms with Crippen molar-refractivity contribution in [1.82, 2.24) is 5.32 Å². The first-order chi connectivity index (χ1) is 7.42. The zero-order valence-electron chi connectivity index (χ0n) is 9.78. The van der Waals surface area contributed by atoms with E-state index in [2.05, 4.69) is 5.32 Å². The Kier molecular flexibility index (Phi) is 3.90. The maximum Gasteiger partial charge on any atom is 0.251 e. The van der Waals surface area contributed by atoms with E-state index in [0.717, 1.165) is 0 Å². The highest BCUT2D eigenvalue weighted by atomic mass is 16.5. The highest BCUT2D eigenvalue weighted by Gasteiger charge is 2.13. The van der Waals surface area contributed by atoms with Crippen molar-refractivity contribution in [3.63, 3.8) is 0 Å². The standard InChI is InChI=1S/C12H17NO3/c1-12(2,15)8-16-10-6-4-5-9(7-10)11(14)13-3/h4-7,15H,8H2,1-3H3,(H,13,14). The van der Waals surface area contributed by atoms with Gasteiger partial charge in [0.25, 0.3) is 5.91 Å². The van der Waals surface area contributed by atoms with Gasteiger partial charge in [-0.15, -0.1) is 0 Å². The van der Waals surface area contributed by atoms with Crippen LogP contribution in [-0.2, 0) is 0 Å². The smallest absolute Gasteiger partial charge is 0.251 e. The van der Waals surface area contributed by atoms with Crippen molar-refractivity contribution in [1.29, 1.82) is 0 Å². The van der Waals surface area contributed by atoms with E-state index in [1.807, 2.05) is 0 Å². The summed E-state index contributed by atoms with van der Waals surface area (Å²) in [5.74, 6) is 0.414. The minimum Gasteiger partial charge on any atom is -0.491 e. The number of amides is 1. The molecule has 0 saturated heterocycles. The fourth-order valence-electron chi connectivity index (χ4n) is 1.13. The molecule has 1 rings (SSSR count). The van der Waals surface area contributed by atoms with Crippen LogP contribution in [0.5, 0.6) is 5.75 Å². The van der Waals surface area contributed by atoms with Gasteiger partial charge in [-0.2, -0.15) is 0 Å². The van der Waals surface area contributed by atoms with Crippen molar-refractivity contribution in [2.75, 3.05) is 13.7 Å². The molecule has 1 amide bonds. The van der Waals surface area contributed by atoms with Crippen LogP contribution in [0.1, 0.15) is 24.2 Å². The van der Waals surface area contributed by atoms with E-state index in [1.165, 1.54) is 0 Å². The average Bonchev–Trinajstić information content (AvgIpc) is 2.25. The second kappa shape index (κ2) is 4.99. The fraction of sp³-hybridized carbons (Fsp3) is 0.417. The van der Waals surface area contributed by atoms with E-state index in [-0.39, 0.29) is 12.5 Å². The first kappa shape index (κ1) is 12.5. The van der Waals surface area contributed by atoms with Crippen LogP contribution < -0.4 is 10.1 Å². The largest absolute Gasteiger partial charge is 0.491 e. The Bertz CT molecular complexity index is 369. The molecule has 0 radical (unpaired) electrons. The number of hydrogen-bond acceptors (Lipinski definition) is 3. The Balaban J connectivity index is 2.71. The Morgan fingerprint density at radius 2 is 2.19 bits per heavy atom. The zero-order chi connectivity index (χ0) is 12.2. The second-order valence-electron chi connectivity index (χ2n) is 4.21. The number of ether oxygens (including phenoxy) is 1. The molecule has 0 fully saturated rings. The Hall–Kier alpha value is -1.55. The normalized spacial score (nSPS) is 11.0. The van der Waals surface area contributed by atoms with Crippen LogP contribution >= 0.6 is 0 Å². The highest BCUT2D eigenvalue weighted by molar-refractivity contribution is 5.94. The molecule has 1 aromatic carbocycles. The highest BCUT2D eigenvalue weighted by Crippen LogP contribution is 2.15. The Morgan fingerprint density at radius 1 is 1.50 bits per heavy atom. The minimum absolute atomic E-state index is 0.159. The van der Waals surface area contributed by atoms with Gasteiger partial charge in [0, 0.05) is 12.6 Å². The van der Waals surface area contributed by atoms with Crippen LogP contribution in [-0.4, -0.2) is 30.3 Å². The first-order valence-electron chi connectivity index (χ1n) is 5.10. The molecule has 0 spiro atoms. The molecule has 0 unspecified atom stereocenters. The molecule has 0 saturated carbocycles. The van der Waals surface area contributed by atoms with Crippen molar-refractivity contribution >= 4 is 5.91 Å². The maximum absolute atomic E-state index is 11.4. The van der Waals surface area contributed by atoms with Gasteiger partial charge in [-0.05, 0) is 32.0 Å². The number of nitrogens with one attached hydrogen (secondary N) is 1. The molecule has 0 aliphatic heterocycles. The predicted octanol–water partition coefficient (Wildman–Crippen LogP) is 1.20. The number of carbonyl (C=O) groups is 1. The van der Waals surface area contributed by atoms with Crippen LogP contribution in [0.4, 0.5) is 0 Å². The van der Waals surface area contributed by atoms with Gasteiger partial charge >= 0.3 is 0 Å². The van der Waals surface area contributed by atoms with Gasteiger partial charge in [-0.1, -0.05) is 6.07 Å². The number of rotatable bonds is 4. The van der Waals surface area contributed by atoms with Crippen LogP contribution in [0.25, 0.3) is 0 Å². The van der Waals surface area contributed by atoms with E-state index in [9.17, 15) is 9.90 Å². The van der Waals surface area contributed by atoms with Gasteiger partial charge in [0.05, 0.1) is 5.60 Å². The molecular weight excluding hydrogens is 206 g/mol. The van der Waals surface area contributed by atoms with Crippen molar-refractivity contribution < 1.29 is 14.6 Å². The third kappa shape index (κ3) is 3.90. The van der Waals surface area contributed by atoms with Gasteiger partial charge < -0.3 is 15.2 Å². The molecule has 0 heterocycles. The van der Waals surface area contributed by atoms with E-state index in [1.54, 1.807) is 45.2 Å². The van der Waals surface area contributed by atoms with E-state index in [0.29, 0.717) is 11.3 Å². The first-order valence-corrected chi connectivity index (χ1v) is 5.10. The van der Waals surface area contributed by atoms with Crippen LogP contribution in [0.3, 0.4) is 0 Å². The summed E-state index contributed by atoms with van der Waals surface area (Å²) in [5, 5.41) is 12.0. The van der Waals surface area contributed by atoms with Crippen molar-refractivity contribution in [3.05, 3.63) is 29.8 Å². The monoisotopic (exact) mass is 223 g/mol. The summed E-state index contributed by atoms with van der Waals surface area (Å²) >= 11 is 0. The average molecular weight is 223 g/mol. The van der Waals surface area contributed by atoms with Gasteiger partial charge in [0.2, 0.25) is 0 Å². The fourth-order valence-corrected chi connectivity index (χ4v) is 1.13. The predicted molar refractivity (Wildman–Crippen MR) is 61.6 cm³/mol. The lowest BCUT2D eigenvalue weighted by Gasteiger charge is -2.17. The number of hydrogen-bond donors (Lipinski definition) is 2. The molecule has 0 aliphatic rings. The summed E-state index contributed by atoms with van der Waals surface area (Å²) in [6, 6.07) is 6.84. The Morgan fingerprint density at radius 3 is 2.75 bits per heavy atom. The molecule has 16 heavy (non-hydrogen) atoms. The lowest BCUT2D eigenvalue weighted by atomic mass is 10.1. The molecule has 0 aliphatic carbocycles. The molecule has 88 valence electrons. The SMILES string of the molecule is CNC(=O)c1cccc(OCC(C)(C)O)c1. The molecule has 2 N–H and O–H groups in total. The molecular formula is C12H17NO3. The van der Waals surface area contributed by atoms with Crippen molar-refractivity contribution in [2.45, 2.75) is 19.4 Å². The van der Waals surface area contributed by atoms with Gasteiger partial charge in [0.1, 0.15) is 12.4 Å². The Labute approximate surface area is 95.2 Å². The van der Waals surface area contributed by atoms with Crippen LogP contribution in [0.2, 0.25) is 0 Å². The maximum atomic E-state index is 11.4. The van der Waals surface area contributed by atoms with Crippen LogP contribution in [0.15, 0.2) is 24.3 Å². The molecule has 0 aromatic heterocycles. The summed E-state index contributed by atoms with van der Waals surface area (Å²) in [7, 11) is 1.58. The summed E-state index contributed by atoms with van der Waals surface area (Å²) in [5.41, 5.74) is -0.348. The van der Waals surface area contributed by atoms with Crippen LogP contribution in [0, 0.1) is 0 Å². The summed E-state index contributed by atoms with van der Waals surface area (Å²) < 4.78 is 5.38. The molecule has 4 nitrogen and oxygen atoms in total. The van der Waals surface area contributed by atoms with E-state index in [4.69, 9.17) is 4.74 Å². The lowest BCUT2D eigenvalue weighted by molar-refractivity contribution is 0.0285. The third-order valence-corrected chi connectivity index (χ3v) is 1.92. The van der Waals surface area contributed by atoms with Crippen molar-refractivity contribution in [3.8, 4) is 5.75 Å². The van der Waals surface area contributed by atoms with Crippen molar-refractivity contribution in [2.24, 2.45) is 0 Å². The van der Waals surface area contributed by atoms with E-state index >= 15 is 0 Å². The summed E-state index contributed by atoms with van der Waals surface area (Å²) in [6.45, 7) is 3.51. The zero-order valence-corrected chi connectivity index (χ0v) is 9.78. The van der Waals surface area contributed by atoms with Gasteiger partial charge in [0.15, 0.2) is 0 Å². The van der Waals surface area contributed by atoms with Gasteiger partial charge in [-0.3, -0.25) is 4.79 Å². The third-order valence-electron chi connectivity index (χ3n) is 1.92. The van der Waals surface area contributed by atoms with E-state index < -0.39 is 5.60 Å². The minimum atomic E-state index is -0.886. The summed E-state index contributed by atoms with van der Waals surface area (Å²) in [4.78, 5) is 11.4. The lowest BCUT2D eigenvalue weighted by Crippen LogP contribution is -2.28. The molecule has 0 atom stereocenters. The molecule has 4 heteroatoms. The topological polar surface area (TPSA) is 58.6 Å². The number of benzene rings is 1. The second-order valence-corrected chi connectivity index (χ2v) is 4.21. The number of carbonyl (C=O) groups excluding carboxylic acids is 1. The van der Waals surface area contributed by atoms with Gasteiger partial charge in [-0.25, -0.2) is 0 Å². The quantitative estimate of drug-likeness (QED) is 0.806. The summed E-state index contributed by atoms with van der Waals surface area (Å²) in [6.07, 6.45) is 0. The molecule has 1 aromatic rings. The molecule has 0 bridgehead atoms. The number of aliphatic hydroxyl groups is 1.